The molecule has 3 aromatic rings. The summed E-state index contributed by atoms with van der Waals surface area (Å²) in [5, 5.41) is 10.4. The van der Waals surface area contributed by atoms with Gasteiger partial charge in [0.2, 0.25) is 5.91 Å². The van der Waals surface area contributed by atoms with E-state index in [-0.39, 0.29) is 5.56 Å². The highest BCUT2D eigenvalue weighted by atomic mass is 19.1. The predicted molar refractivity (Wildman–Crippen MR) is 123 cm³/mol. The van der Waals surface area contributed by atoms with Gasteiger partial charge in [0, 0.05) is 17.2 Å². The Bertz CT molecular complexity index is 1360. The summed E-state index contributed by atoms with van der Waals surface area (Å²) in [4.78, 5) is 28.8. The number of anilines is 1. The molecular weight excluding hydrogens is 436 g/mol. The molecule has 0 saturated carbocycles. The highest BCUT2D eigenvalue weighted by Gasteiger charge is 2.65. The van der Waals surface area contributed by atoms with Gasteiger partial charge in [-0.05, 0) is 53.6 Å². The zero-order valence-electron chi connectivity index (χ0n) is 17.9. The van der Waals surface area contributed by atoms with Crippen LogP contribution < -0.4 is 10.6 Å². The van der Waals surface area contributed by atoms with Gasteiger partial charge in [0.25, 0.3) is 0 Å². The predicted octanol–water partition coefficient (Wildman–Crippen LogP) is 4.21. The lowest BCUT2D eigenvalue weighted by atomic mass is 9.67. The molecule has 2 heterocycles. The number of carbonyl (C=O) groups is 2. The number of amides is 1. The zero-order valence-corrected chi connectivity index (χ0v) is 17.9. The van der Waals surface area contributed by atoms with E-state index >= 15 is 0 Å². The molecule has 5 rings (SSSR count). The topological polar surface area (TPSA) is 87.2 Å². The summed E-state index contributed by atoms with van der Waals surface area (Å²) in [6.45, 7) is 0. The smallest absolute Gasteiger partial charge is 0.241 e. The lowest BCUT2D eigenvalue weighted by Crippen LogP contribution is -2.49. The SMILES string of the molecule is N#C[C@]1(C(N)=O)[C@H](c2ccc(F)cc2)[C@H](C(=O)c2ccc(F)cc2)N2c3ccccc3C=C[C@@H]21. The van der Waals surface area contributed by atoms with E-state index in [0.717, 1.165) is 5.56 Å². The molecule has 34 heavy (non-hydrogen) atoms. The highest BCUT2D eigenvalue weighted by Crippen LogP contribution is 2.55. The number of hydrogen-bond donors (Lipinski definition) is 1. The van der Waals surface area contributed by atoms with Crippen molar-refractivity contribution >= 4 is 23.5 Å². The standard InChI is InChI=1S/C27H19F2N3O2/c28-19-10-5-17(6-11-19)23-24(25(33)18-7-12-20(29)13-8-18)32-21-4-2-1-3-16(21)9-14-22(32)27(23,15-30)26(31)34/h1-14,22-24H,(H2,31,34)/t22-,23-,24-,27-/m1/s1. The second-order valence-corrected chi connectivity index (χ2v) is 8.46. The monoisotopic (exact) mass is 455 g/mol. The van der Waals surface area contributed by atoms with Gasteiger partial charge in [-0.25, -0.2) is 8.78 Å². The summed E-state index contributed by atoms with van der Waals surface area (Å²) in [6, 6.07) is 18.1. The summed E-state index contributed by atoms with van der Waals surface area (Å²) < 4.78 is 27.4. The van der Waals surface area contributed by atoms with Crippen LogP contribution in [0.1, 0.15) is 27.4 Å². The van der Waals surface area contributed by atoms with Crippen molar-refractivity contribution in [1.29, 1.82) is 5.26 Å². The number of carbonyl (C=O) groups excluding carboxylic acids is 2. The van der Waals surface area contributed by atoms with Gasteiger partial charge in [0.15, 0.2) is 11.2 Å². The molecule has 0 aromatic heterocycles. The van der Waals surface area contributed by atoms with Crippen LogP contribution in [-0.2, 0) is 4.79 Å². The third kappa shape index (κ3) is 3.03. The first-order valence-corrected chi connectivity index (χ1v) is 10.7. The lowest BCUT2D eigenvalue weighted by Gasteiger charge is -2.36. The number of nitrogens with zero attached hydrogens (tertiary/aromatic N) is 2. The Morgan fingerprint density at radius 2 is 1.56 bits per heavy atom. The molecule has 3 aromatic carbocycles. The Kier molecular flexibility index (Phi) is 5.02. The number of hydrogen-bond acceptors (Lipinski definition) is 4. The minimum absolute atomic E-state index is 0.225. The maximum absolute atomic E-state index is 14.0. The fourth-order valence-corrected chi connectivity index (χ4v) is 5.26. The molecule has 2 N–H and O–H groups in total. The van der Waals surface area contributed by atoms with Gasteiger partial charge in [0.05, 0.1) is 12.1 Å². The average Bonchev–Trinajstić information content (AvgIpc) is 3.16. The molecule has 0 radical (unpaired) electrons. The minimum atomic E-state index is -1.82. The fraction of sp³-hybridized carbons (Fsp3) is 0.148. The van der Waals surface area contributed by atoms with Crippen LogP contribution in [0.5, 0.6) is 0 Å². The zero-order chi connectivity index (χ0) is 24.0. The first-order chi connectivity index (χ1) is 16.4. The van der Waals surface area contributed by atoms with E-state index in [1.54, 1.807) is 23.1 Å². The van der Waals surface area contributed by atoms with Gasteiger partial charge < -0.3 is 10.6 Å². The normalized spacial score (nSPS) is 24.7. The minimum Gasteiger partial charge on any atom is -0.368 e. The molecule has 2 aliphatic rings. The largest absolute Gasteiger partial charge is 0.368 e. The van der Waals surface area contributed by atoms with Crippen LogP contribution in [-0.4, -0.2) is 23.8 Å². The van der Waals surface area contributed by atoms with Crippen molar-refractivity contribution in [3.63, 3.8) is 0 Å². The van der Waals surface area contributed by atoms with Crippen LogP contribution in [0.3, 0.4) is 0 Å². The van der Waals surface area contributed by atoms with Crippen molar-refractivity contribution < 1.29 is 18.4 Å². The van der Waals surface area contributed by atoms with Gasteiger partial charge in [-0.3, -0.25) is 9.59 Å². The summed E-state index contributed by atoms with van der Waals surface area (Å²) in [7, 11) is 0. The molecule has 1 fully saturated rings. The van der Waals surface area contributed by atoms with E-state index in [9.17, 15) is 23.6 Å². The number of halogens is 2. The van der Waals surface area contributed by atoms with E-state index in [1.807, 2.05) is 18.2 Å². The summed E-state index contributed by atoms with van der Waals surface area (Å²) >= 11 is 0. The van der Waals surface area contributed by atoms with Gasteiger partial charge in [-0.2, -0.15) is 5.26 Å². The fourth-order valence-electron chi connectivity index (χ4n) is 5.26. The molecule has 168 valence electrons. The molecule has 0 bridgehead atoms. The van der Waals surface area contributed by atoms with Gasteiger partial charge in [0.1, 0.15) is 17.7 Å². The van der Waals surface area contributed by atoms with Crippen molar-refractivity contribution in [3.05, 3.63) is 107 Å². The van der Waals surface area contributed by atoms with Gasteiger partial charge in [-0.15, -0.1) is 0 Å². The van der Waals surface area contributed by atoms with E-state index in [0.29, 0.717) is 11.3 Å². The van der Waals surface area contributed by atoms with Gasteiger partial charge >= 0.3 is 0 Å². The second kappa shape index (κ2) is 7.92. The Labute approximate surface area is 194 Å². The number of para-hydroxylation sites is 1. The molecule has 0 unspecified atom stereocenters. The summed E-state index contributed by atoms with van der Waals surface area (Å²) in [5.74, 6) is -3.27. The number of ketones is 1. The summed E-state index contributed by atoms with van der Waals surface area (Å²) in [6.07, 6.45) is 3.52. The third-order valence-electron chi connectivity index (χ3n) is 6.76. The van der Waals surface area contributed by atoms with Crippen molar-refractivity contribution in [2.45, 2.75) is 18.0 Å². The van der Waals surface area contributed by atoms with Crippen molar-refractivity contribution in [2.24, 2.45) is 11.1 Å². The highest BCUT2D eigenvalue weighted by molar-refractivity contribution is 6.06. The molecule has 0 spiro atoms. The average molecular weight is 455 g/mol. The maximum atomic E-state index is 14.0. The molecular formula is C27H19F2N3O2. The number of rotatable bonds is 4. The lowest BCUT2D eigenvalue weighted by molar-refractivity contribution is -0.125. The van der Waals surface area contributed by atoms with E-state index in [2.05, 4.69) is 6.07 Å². The molecule has 0 aliphatic carbocycles. The first kappa shape index (κ1) is 21.5. The van der Waals surface area contributed by atoms with E-state index in [4.69, 9.17) is 5.73 Å². The molecule has 1 amide bonds. The van der Waals surface area contributed by atoms with Crippen LogP contribution in [0.4, 0.5) is 14.5 Å². The first-order valence-electron chi connectivity index (χ1n) is 10.7. The second-order valence-electron chi connectivity index (χ2n) is 8.46. The van der Waals surface area contributed by atoms with Crippen molar-refractivity contribution in [3.8, 4) is 6.07 Å². The van der Waals surface area contributed by atoms with Crippen LogP contribution in [0.25, 0.3) is 6.08 Å². The summed E-state index contributed by atoms with van der Waals surface area (Å²) in [5.41, 5.74) is 6.21. The Morgan fingerprint density at radius 1 is 0.941 bits per heavy atom. The van der Waals surface area contributed by atoms with Crippen LogP contribution >= 0.6 is 0 Å². The molecule has 4 atom stereocenters. The maximum Gasteiger partial charge on any atom is 0.241 e. The Hall–Kier alpha value is -4.31. The number of nitrogens with two attached hydrogens (primary N) is 1. The van der Waals surface area contributed by atoms with Gasteiger partial charge in [-0.1, -0.05) is 42.5 Å². The van der Waals surface area contributed by atoms with E-state index in [1.165, 1.54) is 48.5 Å². The van der Waals surface area contributed by atoms with Crippen LogP contribution in [0.15, 0.2) is 78.9 Å². The quantitative estimate of drug-likeness (QED) is 0.597. The number of Topliss-reactive ketones (excluding diaryl/α,β-unsaturated/α-hetero) is 1. The van der Waals surface area contributed by atoms with Crippen LogP contribution in [0, 0.1) is 28.4 Å². The molecule has 5 nitrogen and oxygen atoms in total. The molecule has 1 saturated heterocycles. The third-order valence-corrected chi connectivity index (χ3v) is 6.76. The van der Waals surface area contributed by atoms with Crippen molar-refractivity contribution in [2.75, 3.05) is 4.90 Å². The number of benzene rings is 3. The molecule has 7 heteroatoms. The number of nitriles is 1. The molecule has 2 aliphatic heterocycles. The Morgan fingerprint density at radius 3 is 2.18 bits per heavy atom. The number of primary amides is 1. The van der Waals surface area contributed by atoms with Crippen LogP contribution in [0.2, 0.25) is 0 Å². The van der Waals surface area contributed by atoms with Crippen molar-refractivity contribution in [1.82, 2.24) is 0 Å². The number of fused-ring (bicyclic) bond motifs is 3. The Balaban J connectivity index is 1.80. The van der Waals surface area contributed by atoms with E-state index < -0.39 is 46.7 Å².